The van der Waals surface area contributed by atoms with Gasteiger partial charge in [0.1, 0.15) is 17.2 Å². The van der Waals surface area contributed by atoms with Crippen LogP contribution in [-0.2, 0) is 7.05 Å². The number of nitrogens with one attached hydrogen (secondary N) is 2. The molecule has 162 valence electrons. The average Bonchev–Trinajstić information content (AvgIpc) is 3.59. The lowest BCUT2D eigenvalue weighted by Gasteiger charge is -2.03. The van der Waals surface area contributed by atoms with Crippen molar-refractivity contribution in [2.24, 2.45) is 7.05 Å². The summed E-state index contributed by atoms with van der Waals surface area (Å²) < 4.78 is 2.02. The normalized spacial score (nSPS) is 11.6. The van der Waals surface area contributed by atoms with Crippen molar-refractivity contribution in [1.29, 1.82) is 0 Å². The van der Waals surface area contributed by atoms with Crippen LogP contribution in [0.4, 0.5) is 0 Å². The predicted molar refractivity (Wildman–Crippen MR) is 129 cm³/mol. The summed E-state index contributed by atoms with van der Waals surface area (Å²) in [5.74, 6) is 0.998. The number of Topliss-reactive ketones (excluding diaryl/α,β-unsaturated/α-hetero) is 1. The first-order chi connectivity index (χ1) is 16.0. The second-order valence-corrected chi connectivity index (χ2v) is 9.04. The number of pyridine rings is 2. The minimum atomic E-state index is 0.0716. The molecule has 6 aromatic rings. The zero-order valence-corrected chi connectivity index (χ0v) is 19.0. The van der Waals surface area contributed by atoms with Gasteiger partial charge in [-0.05, 0) is 44.2 Å². The van der Waals surface area contributed by atoms with Gasteiger partial charge in [-0.2, -0.15) is 5.10 Å². The number of hydrogen-bond acceptors (Lipinski definition) is 6. The number of carbonyl (C=O) groups excluding carboxylic acids is 1. The van der Waals surface area contributed by atoms with E-state index in [0.29, 0.717) is 0 Å². The molecule has 0 bridgehead atoms. The van der Waals surface area contributed by atoms with E-state index in [1.807, 2.05) is 49.0 Å². The van der Waals surface area contributed by atoms with Gasteiger partial charge < -0.3 is 9.55 Å². The second-order valence-electron chi connectivity index (χ2n) is 7.96. The average molecular weight is 454 g/mol. The zero-order chi connectivity index (χ0) is 22.7. The third-order valence-corrected chi connectivity index (χ3v) is 7.15. The molecule has 0 radical (unpaired) electrons. The molecule has 8 nitrogen and oxygen atoms in total. The van der Waals surface area contributed by atoms with Gasteiger partial charge in [-0.25, -0.2) is 9.97 Å². The van der Waals surface area contributed by atoms with E-state index in [-0.39, 0.29) is 5.78 Å². The highest BCUT2D eigenvalue weighted by Gasteiger charge is 2.17. The van der Waals surface area contributed by atoms with Crippen molar-refractivity contribution in [2.45, 2.75) is 13.8 Å². The molecule has 0 unspecified atom stereocenters. The van der Waals surface area contributed by atoms with Crippen LogP contribution >= 0.6 is 11.3 Å². The summed E-state index contributed by atoms with van der Waals surface area (Å²) in [5.41, 5.74) is 6.09. The first-order valence-corrected chi connectivity index (χ1v) is 11.2. The van der Waals surface area contributed by atoms with Gasteiger partial charge in [0.05, 0.1) is 39.9 Å². The van der Waals surface area contributed by atoms with E-state index in [1.165, 1.54) is 11.3 Å². The summed E-state index contributed by atoms with van der Waals surface area (Å²) in [5, 5.41) is 9.59. The van der Waals surface area contributed by atoms with E-state index in [9.17, 15) is 4.79 Å². The molecule has 0 atom stereocenters. The summed E-state index contributed by atoms with van der Waals surface area (Å²) in [4.78, 5) is 30.4. The van der Waals surface area contributed by atoms with Gasteiger partial charge in [-0.1, -0.05) is 0 Å². The highest BCUT2D eigenvalue weighted by atomic mass is 32.1. The molecular weight excluding hydrogens is 434 g/mol. The molecule has 0 saturated heterocycles. The molecule has 0 aromatic carbocycles. The fraction of sp³-hybridized carbons (Fsp3) is 0.125. The van der Waals surface area contributed by atoms with E-state index in [4.69, 9.17) is 0 Å². The minimum Gasteiger partial charge on any atom is -0.338 e. The van der Waals surface area contributed by atoms with Gasteiger partial charge in [0.25, 0.3) is 0 Å². The van der Waals surface area contributed by atoms with Crippen molar-refractivity contribution >= 4 is 39.1 Å². The van der Waals surface area contributed by atoms with Crippen molar-refractivity contribution in [3.8, 4) is 33.2 Å². The van der Waals surface area contributed by atoms with Crippen molar-refractivity contribution < 1.29 is 4.79 Å². The standard InChI is InChI=1S/C24H19N7OS/c1-12(32)21-4-5-22(33-21)14-6-7-25-24-15(14)8-18(28-24)23-16-9-17(27-10-19(16)29-30-23)20-11-26-13(2)31(20)3/h4-11H,1-3H3,(H,25,28)(H,29,30). The number of aryl methyl sites for hydroxylation is 1. The Labute approximate surface area is 192 Å². The molecule has 6 heterocycles. The Morgan fingerprint density at radius 2 is 1.94 bits per heavy atom. The molecule has 0 spiro atoms. The number of aromatic amines is 2. The first-order valence-electron chi connectivity index (χ1n) is 10.4. The summed E-state index contributed by atoms with van der Waals surface area (Å²) >= 11 is 1.49. The molecule has 0 amide bonds. The van der Waals surface area contributed by atoms with E-state index in [1.54, 1.807) is 19.3 Å². The van der Waals surface area contributed by atoms with Crippen molar-refractivity contribution in [3.05, 3.63) is 59.6 Å². The smallest absolute Gasteiger partial charge is 0.169 e. The Hall–Kier alpha value is -4.11. The molecule has 9 heteroatoms. The number of fused-ring (bicyclic) bond motifs is 2. The number of rotatable bonds is 4. The third-order valence-electron chi connectivity index (χ3n) is 5.94. The molecule has 33 heavy (non-hydrogen) atoms. The van der Waals surface area contributed by atoms with Crippen molar-refractivity contribution in [2.75, 3.05) is 0 Å². The molecule has 0 aliphatic heterocycles. The monoisotopic (exact) mass is 453 g/mol. The van der Waals surface area contributed by atoms with Crippen LogP contribution in [0.3, 0.4) is 0 Å². The number of carbonyl (C=O) groups is 1. The van der Waals surface area contributed by atoms with Crippen LogP contribution in [0.2, 0.25) is 0 Å². The molecular formula is C24H19N7OS. The lowest BCUT2D eigenvalue weighted by Crippen LogP contribution is -1.95. The summed E-state index contributed by atoms with van der Waals surface area (Å²) in [6.07, 6.45) is 5.41. The van der Waals surface area contributed by atoms with Crippen LogP contribution in [0.1, 0.15) is 22.4 Å². The lowest BCUT2D eigenvalue weighted by atomic mass is 10.1. The Bertz CT molecular complexity index is 1680. The number of nitrogens with zero attached hydrogens (tertiary/aromatic N) is 5. The predicted octanol–water partition coefficient (Wildman–Crippen LogP) is 5.14. The number of aromatic nitrogens is 7. The summed E-state index contributed by atoms with van der Waals surface area (Å²) in [7, 11) is 1.98. The number of thiophene rings is 1. The maximum Gasteiger partial charge on any atom is 0.169 e. The van der Waals surface area contributed by atoms with Crippen LogP contribution < -0.4 is 0 Å². The van der Waals surface area contributed by atoms with E-state index in [0.717, 1.165) is 65.9 Å². The fourth-order valence-electron chi connectivity index (χ4n) is 4.04. The zero-order valence-electron chi connectivity index (χ0n) is 18.2. The molecule has 2 N–H and O–H groups in total. The third kappa shape index (κ3) is 3.08. The number of imidazole rings is 1. The first kappa shape index (κ1) is 19.6. The number of hydrogen-bond donors (Lipinski definition) is 2. The SMILES string of the molecule is CC(=O)c1ccc(-c2ccnc3[nH]c(-c4n[nH]c5cnc(-c6cnc(C)n6C)cc45)cc23)s1. The molecule has 0 aliphatic carbocycles. The Morgan fingerprint density at radius 1 is 1.06 bits per heavy atom. The summed E-state index contributed by atoms with van der Waals surface area (Å²) in [6, 6.07) is 9.93. The molecule has 0 fully saturated rings. The Morgan fingerprint density at radius 3 is 2.70 bits per heavy atom. The fourth-order valence-corrected chi connectivity index (χ4v) is 4.98. The van der Waals surface area contributed by atoms with Gasteiger partial charge in [-0.3, -0.25) is 14.9 Å². The maximum atomic E-state index is 11.8. The van der Waals surface area contributed by atoms with Gasteiger partial charge in [-0.15, -0.1) is 11.3 Å². The second kappa shape index (κ2) is 7.21. The van der Waals surface area contributed by atoms with Gasteiger partial charge >= 0.3 is 0 Å². The quantitative estimate of drug-likeness (QED) is 0.360. The van der Waals surface area contributed by atoms with Gasteiger partial charge in [0.2, 0.25) is 0 Å². The van der Waals surface area contributed by atoms with Crippen molar-refractivity contribution in [1.82, 2.24) is 34.7 Å². The van der Waals surface area contributed by atoms with Crippen LogP contribution in [-0.4, -0.2) is 40.5 Å². The molecule has 6 rings (SSSR count). The minimum absolute atomic E-state index is 0.0716. The van der Waals surface area contributed by atoms with Crippen LogP contribution in [0, 0.1) is 6.92 Å². The topological polar surface area (TPSA) is 105 Å². The highest BCUT2D eigenvalue weighted by Crippen LogP contribution is 2.36. The van der Waals surface area contributed by atoms with Crippen LogP contribution in [0.25, 0.3) is 55.2 Å². The van der Waals surface area contributed by atoms with E-state index >= 15 is 0 Å². The van der Waals surface area contributed by atoms with E-state index in [2.05, 4.69) is 36.2 Å². The Balaban J connectivity index is 1.49. The largest absolute Gasteiger partial charge is 0.338 e. The highest BCUT2D eigenvalue weighted by molar-refractivity contribution is 7.17. The van der Waals surface area contributed by atoms with Crippen LogP contribution in [0.15, 0.2) is 48.9 Å². The Kier molecular flexibility index (Phi) is 4.27. The van der Waals surface area contributed by atoms with E-state index < -0.39 is 0 Å². The number of H-pyrrole nitrogens is 2. The maximum absolute atomic E-state index is 11.8. The molecule has 0 saturated carbocycles. The molecule has 6 aromatic heterocycles. The number of ketones is 1. The molecule has 0 aliphatic rings. The lowest BCUT2D eigenvalue weighted by molar-refractivity contribution is 0.102. The van der Waals surface area contributed by atoms with Crippen LogP contribution in [0.5, 0.6) is 0 Å². The van der Waals surface area contributed by atoms with Crippen molar-refractivity contribution in [3.63, 3.8) is 0 Å². The van der Waals surface area contributed by atoms with Gasteiger partial charge in [0, 0.05) is 34.5 Å². The summed E-state index contributed by atoms with van der Waals surface area (Å²) in [6.45, 7) is 3.55. The van der Waals surface area contributed by atoms with Gasteiger partial charge in [0.15, 0.2) is 5.78 Å².